The largest absolute Gasteiger partial charge is 0.465 e. The van der Waals surface area contributed by atoms with Gasteiger partial charge in [-0.15, -0.1) is 0 Å². The van der Waals surface area contributed by atoms with Crippen LogP contribution >= 0.6 is 0 Å². The number of methoxy groups -OCH3 is 1. The van der Waals surface area contributed by atoms with Gasteiger partial charge in [0.1, 0.15) is 6.07 Å². The number of hydrogen-bond donors (Lipinski definition) is 0. The zero-order chi connectivity index (χ0) is 10.7. The van der Waals surface area contributed by atoms with Gasteiger partial charge in [-0.05, 0) is 12.1 Å². The summed E-state index contributed by atoms with van der Waals surface area (Å²) < 4.78 is 30.2. The number of benzene rings is 1. The van der Waals surface area contributed by atoms with E-state index in [0.717, 1.165) is 19.2 Å². The molecule has 0 bridgehead atoms. The second-order valence-corrected chi connectivity index (χ2v) is 2.39. The molecule has 0 amide bonds. The van der Waals surface area contributed by atoms with E-state index in [0.29, 0.717) is 0 Å². The lowest BCUT2D eigenvalue weighted by Gasteiger charge is -2.02. The first-order chi connectivity index (χ1) is 6.61. The highest BCUT2D eigenvalue weighted by atomic mass is 19.2. The van der Waals surface area contributed by atoms with Crippen molar-refractivity contribution in [2.24, 2.45) is 0 Å². The zero-order valence-electron chi connectivity index (χ0n) is 7.17. The third-order valence-corrected chi connectivity index (χ3v) is 1.61. The minimum atomic E-state index is -1.36. The van der Waals surface area contributed by atoms with Crippen molar-refractivity contribution in [1.82, 2.24) is 0 Å². The van der Waals surface area contributed by atoms with Gasteiger partial charge in [-0.2, -0.15) is 5.26 Å². The zero-order valence-corrected chi connectivity index (χ0v) is 7.17. The summed E-state index contributed by atoms with van der Waals surface area (Å²) in [7, 11) is 1.05. The second-order valence-electron chi connectivity index (χ2n) is 2.39. The summed E-state index contributed by atoms with van der Waals surface area (Å²) in [6.07, 6.45) is 0. The van der Waals surface area contributed by atoms with Crippen molar-refractivity contribution in [3.63, 3.8) is 0 Å². The topological polar surface area (TPSA) is 50.1 Å². The molecule has 0 aliphatic heterocycles. The van der Waals surface area contributed by atoms with Crippen LogP contribution in [0, 0.1) is 23.0 Å². The number of halogens is 2. The first-order valence-corrected chi connectivity index (χ1v) is 3.58. The van der Waals surface area contributed by atoms with Crippen LogP contribution in [-0.4, -0.2) is 13.1 Å². The summed E-state index contributed by atoms with van der Waals surface area (Å²) in [5.74, 6) is -3.68. The van der Waals surface area contributed by atoms with Crippen LogP contribution in [0.2, 0.25) is 0 Å². The Balaban J connectivity index is 3.33. The monoisotopic (exact) mass is 197 g/mol. The van der Waals surface area contributed by atoms with Crippen LogP contribution in [0.5, 0.6) is 0 Å². The highest BCUT2D eigenvalue weighted by Crippen LogP contribution is 2.16. The summed E-state index contributed by atoms with van der Waals surface area (Å²) in [4.78, 5) is 10.9. The molecule has 0 saturated heterocycles. The number of carbonyl (C=O) groups excluding carboxylic acids is 1. The van der Waals surface area contributed by atoms with Crippen molar-refractivity contribution in [2.75, 3.05) is 7.11 Å². The summed E-state index contributed by atoms with van der Waals surface area (Å²) in [6.45, 7) is 0. The molecule has 0 spiro atoms. The molecule has 0 fully saturated rings. The SMILES string of the molecule is COC(=O)c1ccc(C#N)c(F)c1F. The smallest absolute Gasteiger partial charge is 0.340 e. The molecule has 1 aromatic carbocycles. The molecule has 1 rings (SSSR count). The molecule has 14 heavy (non-hydrogen) atoms. The normalized spacial score (nSPS) is 9.29. The van der Waals surface area contributed by atoms with Crippen molar-refractivity contribution in [3.05, 3.63) is 34.9 Å². The fraction of sp³-hybridized carbons (Fsp3) is 0.111. The molecule has 0 atom stereocenters. The Labute approximate surface area is 78.5 Å². The number of hydrogen-bond acceptors (Lipinski definition) is 3. The molecule has 0 aliphatic rings. The van der Waals surface area contributed by atoms with E-state index in [4.69, 9.17) is 5.26 Å². The van der Waals surface area contributed by atoms with E-state index >= 15 is 0 Å². The molecule has 0 heterocycles. The molecule has 0 N–H and O–H groups in total. The number of nitrogens with zero attached hydrogens (tertiary/aromatic N) is 1. The van der Waals surface area contributed by atoms with Gasteiger partial charge in [0.05, 0.1) is 18.2 Å². The number of nitriles is 1. The summed E-state index contributed by atoms with van der Waals surface area (Å²) >= 11 is 0. The lowest BCUT2D eigenvalue weighted by atomic mass is 10.1. The minimum absolute atomic E-state index is 0.449. The Morgan fingerprint density at radius 1 is 1.43 bits per heavy atom. The molecule has 0 unspecified atom stereocenters. The summed E-state index contributed by atoms with van der Waals surface area (Å²) in [5, 5.41) is 8.36. The highest BCUT2D eigenvalue weighted by Gasteiger charge is 2.18. The van der Waals surface area contributed by atoms with E-state index in [9.17, 15) is 13.6 Å². The fourth-order valence-electron chi connectivity index (χ4n) is 0.903. The van der Waals surface area contributed by atoms with Crippen molar-refractivity contribution in [2.45, 2.75) is 0 Å². The second kappa shape index (κ2) is 3.83. The first kappa shape index (κ1) is 10.1. The molecular weight excluding hydrogens is 192 g/mol. The maximum atomic E-state index is 13.1. The Morgan fingerprint density at radius 3 is 2.57 bits per heavy atom. The third-order valence-electron chi connectivity index (χ3n) is 1.61. The average Bonchev–Trinajstić information content (AvgIpc) is 2.21. The van der Waals surface area contributed by atoms with E-state index in [1.54, 1.807) is 0 Å². The van der Waals surface area contributed by atoms with Crippen LogP contribution in [0.15, 0.2) is 12.1 Å². The predicted molar refractivity (Wildman–Crippen MR) is 42.4 cm³/mol. The van der Waals surface area contributed by atoms with E-state index in [1.807, 2.05) is 0 Å². The van der Waals surface area contributed by atoms with Gasteiger partial charge in [0, 0.05) is 0 Å². The van der Waals surface area contributed by atoms with Gasteiger partial charge >= 0.3 is 5.97 Å². The first-order valence-electron chi connectivity index (χ1n) is 3.58. The summed E-state index contributed by atoms with van der Waals surface area (Å²) in [6, 6.07) is 3.47. The van der Waals surface area contributed by atoms with E-state index < -0.39 is 28.7 Å². The van der Waals surface area contributed by atoms with Crippen molar-refractivity contribution < 1.29 is 18.3 Å². The standard InChI is InChI=1S/C9H5F2NO2/c1-14-9(13)6-3-2-5(4-12)7(10)8(6)11/h2-3H,1H3. The predicted octanol–water partition coefficient (Wildman–Crippen LogP) is 1.62. The van der Waals surface area contributed by atoms with Gasteiger partial charge in [0.25, 0.3) is 0 Å². The van der Waals surface area contributed by atoms with Gasteiger partial charge in [-0.25, -0.2) is 13.6 Å². The van der Waals surface area contributed by atoms with Gasteiger partial charge in [0.2, 0.25) is 0 Å². The molecule has 1 aromatic rings. The number of rotatable bonds is 1. The molecule has 5 heteroatoms. The molecule has 0 aliphatic carbocycles. The summed E-state index contributed by atoms with van der Waals surface area (Å²) in [5.41, 5.74) is -0.973. The van der Waals surface area contributed by atoms with Crippen LogP contribution < -0.4 is 0 Å². The molecule has 0 radical (unpaired) electrons. The minimum Gasteiger partial charge on any atom is -0.465 e. The molecule has 72 valence electrons. The van der Waals surface area contributed by atoms with Gasteiger partial charge < -0.3 is 4.74 Å². The molecule has 3 nitrogen and oxygen atoms in total. The quantitative estimate of drug-likeness (QED) is 0.643. The van der Waals surface area contributed by atoms with Crippen LogP contribution in [0.3, 0.4) is 0 Å². The Morgan fingerprint density at radius 2 is 2.07 bits per heavy atom. The number of esters is 1. The lowest BCUT2D eigenvalue weighted by molar-refractivity contribution is 0.0594. The maximum absolute atomic E-state index is 13.1. The third kappa shape index (κ3) is 1.55. The van der Waals surface area contributed by atoms with Gasteiger partial charge in [0.15, 0.2) is 11.6 Å². The van der Waals surface area contributed by atoms with Gasteiger partial charge in [-0.1, -0.05) is 0 Å². The van der Waals surface area contributed by atoms with Crippen molar-refractivity contribution >= 4 is 5.97 Å². The van der Waals surface area contributed by atoms with Crippen molar-refractivity contribution in [3.8, 4) is 6.07 Å². The van der Waals surface area contributed by atoms with Crippen molar-refractivity contribution in [1.29, 1.82) is 5.26 Å². The number of carbonyl (C=O) groups is 1. The Bertz CT molecular complexity index is 424. The van der Waals surface area contributed by atoms with E-state index in [1.165, 1.54) is 6.07 Å². The molecule has 0 aromatic heterocycles. The fourth-order valence-corrected chi connectivity index (χ4v) is 0.903. The van der Waals surface area contributed by atoms with Crippen LogP contribution in [0.4, 0.5) is 8.78 Å². The average molecular weight is 197 g/mol. The van der Waals surface area contributed by atoms with E-state index in [2.05, 4.69) is 4.74 Å². The van der Waals surface area contributed by atoms with Crippen LogP contribution in [0.25, 0.3) is 0 Å². The number of ether oxygens (including phenoxy) is 1. The Kier molecular flexibility index (Phi) is 2.77. The highest BCUT2D eigenvalue weighted by molar-refractivity contribution is 5.89. The molecular formula is C9H5F2NO2. The Hall–Kier alpha value is -1.96. The van der Waals surface area contributed by atoms with Crippen LogP contribution in [-0.2, 0) is 4.74 Å². The molecule has 0 saturated carbocycles. The van der Waals surface area contributed by atoms with Gasteiger partial charge in [-0.3, -0.25) is 0 Å². The maximum Gasteiger partial charge on any atom is 0.340 e. The van der Waals surface area contributed by atoms with E-state index in [-0.39, 0.29) is 0 Å². The lowest BCUT2D eigenvalue weighted by Crippen LogP contribution is -2.07. The van der Waals surface area contributed by atoms with Crippen LogP contribution in [0.1, 0.15) is 15.9 Å².